The van der Waals surface area contributed by atoms with Crippen LogP contribution in [0.3, 0.4) is 0 Å². The maximum atomic E-state index is 12.2. The minimum absolute atomic E-state index is 0.0502. The van der Waals surface area contributed by atoms with Crippen LogP contribution in [-0.4, -0.2) is 78.5 Å². The van der Waals surface area contributed by atoms with Crippen LogP contribution >= 0.6 is 0 Å². The van der Waals surface area contributed by atoms with Crippen molar-refractivity contribution in [2.75, 3.05) is 62.8 Å². The number of ether oxygens (including phenoxy) is 3. The van der Waals surface area contributed by atoms with Gasteiger partial charge in [-0.1, -0.05) is 43.0 Å². The first kappa shape index (κ1) is 45.8. The van der Waals surface area contributed by atoms with Crippen LogP contribution in [0.25, 0.3) is 18.2 Å². The van der Waals surface area contributed by atoms with Crippen molar-refractivity contribution < 1.29 is 23.8 Å². The third-order valence-electron chi connectivity index (χ3n) is 10.0. The Labute approximate surface area is 343 Å². The smallest absolute Gasteiger partial charge is 0.348 e. The molecular formula is C47H54N6O5. The average Bonchev–Trinajstić information content (AvgIpc) is 3.26. The minimum Gasteiger partial charge on any atom is -0.493 e. The Morgan fingerprint density at radius 2 is 1.00 bits per heavy atom. The van der Waals surface area contributed by atoms with E-state index in [2.05, 4.69) is 65.4 Å². The van der Waals surface area contributed by atoms with Crippen molar-refractivity contribution >= 4 is 47.5 Å². The summed E-state index contributed by atoms with van der Waals surface area (Å²) in [5, 5.41) is 28.3. The zero-order valence-electron chi connectivity index (χ0n) is 34.6. The third kappa shape index (κ3) is 13.0. The highest BCUT2D eigenvalue weighted by molar-refractivity contribution is 5.97. The molecule has 1 fully saturated rings. The molecular weight excluding hydrogens is 729 g/mol. The van der Waals surface area contributed by atoms with Crippen LogP contribution < -0.4 is 14.7 Å². The highest BCUT2D eigenvalue weighted by atomic mass is 16.5. The van der Waals surface area contributed by atoms with E-state index < -0.39 is 5.97 Å². The molecule has 1 aliphatic rings. The minimum atomic E-state index is -0.641. The van der Waals surface area contributed by atoms with Crippen LogP contribution in [0.2, 0.25) is 0 Å². The monoisotopic (exact) mass is 782 g/mol. The summed E-state index contributed by atoms with van der Waals surface area (Å²) in [4.78, 5) is 30.3. The Hall–Kier alpha value is -6.61. The number of carbonyl (C=O) groups is 2. The van der Waals surface area contributed by atoms with Crippen LogP contribution in [0.15, 0.2) is 102 Å². The highest BCUT2D eigenvalue weighted by Crippen LogP contribution is 2.35. The molecule has 302 valence electrons. The fourth-order valence-electron chi connectivity index (χ4n) is 6.61. The molecule has 0 aliphatic heterocycles. The normalized spacial score (nSPS) is 16.6. The van der Waals surface area contributed by atoms with Crippen LogP contribution in [0.4, 0.5) is 17.1 Å². The van der Waals surface area contributed by atoms with Crippen molar-refractivity contribution in [3.8, 4) is 18.2 Å². The molecule has 3 aromatic carbocycles. The molecule has 58 heavy (non-hydrogen) atoms. The van der Waals surface area contributed by atoms with Crippen LogP contribution in [0.5, 0.6) is 0 Å². The molecule has 0 saturated heterocycles. The van der Waals surface area contributed by atoms with E-state index in [9.17, 15) is 25.4 Å². The summed E-state index contributed by atoms with van der Waals surface area (Å²) in [5.74, 6) is -0.291. The first-order chi connectivity index (χ1) is 28.0. The Kier molecular flexibility index (Phi) is 18.5. The molecule has 0 radical (unpaired) electrons. The van der Waals surface area contributed by atoms with Gasteiger partial charge in [-0.2, -0.15) is 15.8 Å². The number of nitriles is 3. The first-order valence-electron chi connectivity index (χ1n) is 19.2. The number of methoxy groups -OCH3 is 1. The van der Waals surface area contributed by atoms with Gasteiger partial charge < -0.3 is 28.9 Å². The van der Waals surface area contributed by atoms with Crippen molar-refractivity contribution in [3.63, 3.8) is 0 Å². The summed E-state index contributed by atoms with van der Waals surface area (Å²) >= 11 is 0. The largest absolute Gasteiger partial charge is 0.493 e. The maximum Gasteiger partial charge on any atom is 0.348 e. The zero-order chi connectivity index (χ0) is 42.6. The van der Waals surface area contributed by atoms with Crippen molar-refractivity contribution in [2.45, 2.75) is 58.2 Å². The summed E-state index contributed by atoms with van der Waals surface area (Å²) in [7, 11) is 7.99. The zero-order valence-corrected chi connectivity index (χ0v) is 34.6. The molecule has 3 aromatic rings. The molecule has 0 bridgehead atoms. The van der Waals surface area contributed by atoms with Gasteiger partial charge in [-0.05, 0) is 111 Å². The lowest BCUT2D eigenvalue weighted by molar-refractivity contribution is -0.137. The number of rotatable bonds is 16. The van der Waals surface area contributed by atoms with Gasteiger partial charge in [-0.3, -0.25) is 4.79 Å². The second kappa shape index (κ2) is 23.5. The molecule has 0 aromatic heterocycles. The molecule has 1 saturated carbocycles. The number of aldehydes is 1. The summed E-state index contributed by atoms with van der Waals surface area (Å²) in [5.41, 5.74) is 5.86. The van der Waals surface area contributed by atoms with Crippen LogP contribution in [-0.2, 0) is 23.8 Å². The van der Waals surface area contributed by atoms with E-state index in [0.29, 0.717) is 24.2 Å². The number of esters is 1. The number of hydrogen-bond donors (Lipinski definition) is 0. The van der Waals surface area contributed by atoms with Crippen LogP contribution in [0, 0.1) is 34.0 Å². The topological polar surface area (TPSA) is 143 Å². The number of anilines is 3. The van der Waals surface area contributed by atoms with E-state index >= 15 is 0 Å². The second-order valence-corrected chi connectivity index (χ2v) is 13.6. The summed E-state index contributed by atoms with van der Waals surface area (Å²) in [6.07, 6.45) is 8.11. The van der Waals surface area contributed by atoms with Crippen molar-refractivity contribution in [2.24, 2.45) is 0 Å². The van der Waals surface area contributed by atoms with Crippen LogP contribution in [0.1, 0.15) is 56.7 Å². The molecule has 1 aliphatic carbocycles. The second-order valence-electron chi connectivity index (χ2n) is 13.6. The molecule has 0 heterocycles. The van der Waals surface area contributed by atoms with E-state index in [1.165, 1.54) is 6.08 Å². The quantitative estimate of drug-likeness (QED) is 0.0345. The fraction of sp³-hybridized carbons (Fsp3) is 0.340. The van der Waals surface area contributed by atoms with Crippen molar-refractivity contribution in [3.05, 3.63) is 119 Å². The molecule has 3 unspecified atom stereocenters. The molecule has 11 heteroatoms. The number of nitrogens with zero attached hydrogens (tertiary/aromatic N) is 6. The molecule has 4 rings (SSSR count). The Morgan fingerprint density at radius 3 is 1.31 bits per heavy atom. The fourth-order valence-corrected chi connectivity index (χ4v) is 6.61. The van der Waals surface area contributed by atoms with E-state index in [1.807, 2.05) is 86.6 Å². The van der Waals surface area contributed by atoms with Gasteiger partial charge in [0.15, 0.2) is 6.29 Å². The Balaban J connectivity index is 0.00000215. The summed E-state index contributed by atoms with van der Waals surface area (Å²) in [6.45, 7) is 10.8. The summed E-state index contributed by atoms with van der Waals surface area (Å²) in [6, 6.07) is 30.3. The molecule has 0 amide bonds. The number of benzene rings is 3. The van der Waals surface area contributed by atoms with Gasteiger partial charge in [0.2, 0.25) is 0 Å². The molecule has 3 atom stereocenters. The molecule has 0 spiro atoms. The lowest BCUT2D eigenvalue weighted by Gasteiger charge is -2.47. The number of hydrogen-bond acceptors (Lipinski definition) is 11. The molecule has 11 nitrogen and oxygen atoms in total. The van der Waals surface area contributed by atoms with E-state index in [1.54, 1.807) is 26.2 Å². The maximum absolute atomic E-state index is 12.2. The van der Waals surface area contributed by atoms with E-state index in [0.717, 1.165) is 59.6 Å². The van der Waals surface area contributed by atoms with Crippen molar-refractivity contribution in [1.82, 2.24) is 0 Å². The van der Waals surface area contributed by atoms with E-state index in [4.69, 9.17) is 9.47 Å². The van der Waals surface area contributed by atoms with Gasteiger partial charge >= 0.3 is 5.97 Å². The summed E-state index contributed by atoms with van der Waals surface area (Å²) < 4.78 is 15.0. The Morgan fingerprint density at radius 1 is 0.638 bits per heavy atom. The first-order valence-corrected chi connectivity index (χ1v) is 19.2. The van der Waals surface area contributed by atoms with Gasteiger partial charge in [-0.15, -0.1) is 0 Å². The van der Waals surface area contributed by atoms with Gasteiger partial charge in [0.25, 0.3) is 0 Å². The average molecular weight is 783 g/mol. The van der Waals surface area contributed by atoms with Gasteiger partial charge in [-0.25, -0.2) is 4.79 Å². The SMILES string of the molecule is C=C(OCC)/C(C#N)=C/c1ccc(N(C)C2CC(N(C)c3ccc(/C=C(\C#N)C=O)cc3)CC(N(C)c3ccc(/C=C(\C#N)C(=O)OCC)cc3)C2)cc1.CCOC. The molecule has 0 N–H and O–H groups in total. The number of allylic oxidation sites excluding steroid dienone is 2. The number of carbonyl (C=O) groups excluding carboxylic acids is 2. The predicted octanol–water partition coefficient (Wildman–Crippen LogP) is 8.37. The predicted molar refractivity (Wildman–Crippen MR) is 232 cm³/mol. The van der Waals surface area contributed by atoms with E-state index in [-0.39, 0.29) is 35.9 Å². The lowest BCUT2D eigenvalue weighted by Crippen LogP contribution is -2.52. The van der Waals surface area contributed by atoms with Gasteiger partial charge in [0.05, 0.1) is 24.4 Å². The third-order valence-corrected chi connectivity index (χ3v) is 10.0. The Bertz CT molecular complexity index is 1950. The highest BCUT2D eigenvalue weighted by Gasteiger charge is 2.35. The lowest BCUT2D eigenvalue weighted by atomic mass is 9.84. The van der Waals surface area contributed by atoms with Crippen molar-refractivity contribution in [1.29, 1.82) is 15.8 Å². The standard InChI is InChI=1S/C44H46N6O4.C3H8O/c1-7-53-31(3)36(28-46)22-33-11-17-39(18-12-33)49(5)42-24-41(48(4)38-15-9-32(10-16-38)21-35(27-45)30-51)25-43(26-42)50(6)40-19-13-34(14-20-40)23-37(29-47)44(52)54-8-2;1-3-4-2/h9-23,30,41-43H,3,7-8,24-26H2,1-2,4-6H3;3H2,1-2H3/b35-21+,36-22+,37-23+;. The van der Waals surface area contributed by atoms with Gasteiger partial charge in [0.1, 0.15) is 29.5 Å². The van der Waals surface area contributed by atoms with Gasteiger partial charge in [0, 0.05) is 70.0 Å².